The van der Waals surface area contributed by atoms with Gasteiger partial charge in [0.15, 0.2) is 0 Å². The zero-order valence-corrected chi connectivity index (χ0v) is 22.6. The molecular weight excluding hydrogens is 508 g/mol. The van der Waals surface area contributed by atoms with Crippen molar-refractivity contribution in [3.8, 4) is 11.5 Å². The van der Waals surface area contributed by atoms with Crippen LogP contribution in [-0.4, -0.2) is 64.0 Å². The summed E-state index contributed by atoms with van der Waals surface area (Å²) in [6, 6.07) is 12.8. The summed E-state index contributed by atoms with van der Waals surface area (Å²) in [6.07, 6.45) is 3.75. The maximum absolute atomic E-state index is 13.4. The minimum Gasteiger partial charge on any atom is -0.508 e. The van der Waals surface area contributed by atoms with E-state index in [4.69, 9.17) is 5.73 Å². The maximum atomic E-state index is 13.4. The van der Waals surface area contributed by atoms with Crippen molar-refractivity contribution in [3.05, 3.63) is 59.7 Å². The fourth-order valence-corrected chi connectivity index (χ4v) is 4.65. The maximum Gasteiger partial charge on any atom is 0.245 e. The number of aryl methyl sites for hydroxylation is 1. The van der Waals surface area contributed by atoms with Crippen molar-refractivity contribution >= 4 is 30.1 Å². The SMILES string of the molecule is CC(Cc1ccc(O)cc1)(NC(=O)[C@@H]1CCCN1C(=O)CCCc1ccc(O)cc1)C(=O)NCCCN.Cl. The molecule has 10 heteroatoms. The first kappa shape index (κ1) is 30.9. The van der Waals surface area contributed by atoms with E-state index in [-0.39, 0.29) is 48.0 Å². The van der Waals surface area contributed by atoms with E-state index in [2.05, 4.69) is 10.6 Å². The number of hydrogen-bond acceptors (Lipinski definition) is 6. The lowest BCUT2D eigenvalue weighted by Gasteiger charge is -2.33. The van der Waals surface area contributed by atoms with Gasteiger partial charge in [-0.25, -0.2) is 0 Å². The van der Waals surface area contributed by atoms with Crippen LogP contribution in [-0.2, 0) is 27.2 Å². The van der Waals surface area contributed by atoms with E-state index in [0.29, 0.717) is 51.7 Å². The minimum atomic E-state index is -1.25. The average molecular weight is 547 g/mol. The lowest BCUT2D eigenvalue weighted by molar-refractivity contribution is -0.141. The largest absolute Gasteiger partial charge is 0.508 e. The standard InChI is InChI=1S/C28H38N4O5.ClH/c1-28(27(37)30-17-4-16-29,19-21-10-14-23(34)15-11-21)31-26(36)24-6-3-18-32(24)25(35)7-2-5-20-8-12-22(33)13-9-20;/h8-15,24,33-34H,2-7,16-19,29H2,1H3,(H,30,37)(H,31,36);1H/t24-,28?;/m0./s1. The number of phenolic OH excluding ortho intramolecular Hbond substituents is 2. The van der Waals surface area contributed by atoms with E-state index in [0.717, 1.165) is 17.5 Å². The molecule has 1 fully saturated rings. The third-order valence-electron chi connectivity index (χ3n) is 6.73. The molecule has 1 aliphatic heterocycles. The second-order valence-electron chi connectivity index (χ2n) is 9.83. The van der Waals surface area contributed by atoms with Crippen molar-refractivity contribution in [1.29, 1.82) is 0 Å². The number of nitrogens with two attached hydrogens (primary N) is 1. The van der Waals surface area contributed by atoms with Crippen molar-refractivity contribution in [2.45, 2.75) is 63.5 Å². The molecule has 9 nitrogen and oxygen atoms in total. The molecule has 1 saturated heterocycles. The zero-order valence-electron chi connectivity index (χ0n) is 21.8. The van der Waals surface area contributed by atoms with Crippen LogP contribution in [0.2, 0.25) is 0 Å². The highest BCUT2D eigenvalue weighted by molar-refractivity contribution is 5.94. The van der Waals surface area contributed by atoms with Crippen LogP contribution >= 0.6 is 12.4 Å². The fourth-order valence-electron chi connectivity index (χ4n) is 4.65. The number of hydrogen-bond donors (Lipinski definition) is 5. The Morgan fingerprint density at radius 3 is 2.21 bits per heavy atom. The number of benzene rings is 2. The van der Waals surface area contributed by atoms with Crippen molar-refractivity contribution in [3.63, 3.8) is 0 Å². The number of rotatable bonds is 12. The first-order chi connectivity index (χ1) is 17.7. The van der Waals surface area contributed by atoms with Crippen LogP contribution in [0.5, 0.6) is 11.5 Å². The molecule has 0 bridgehead atoms. The summed E-state index contributed by atoms with van der Waals surface area (Å²) in [6.45, 7) is 3.01. The lowest BCUT2D eigenvalue weighted by atomic mass is 9.90. The normalized spacial score (nSPS) is 16.3. The van der Waals surface area contributed by atoms with Crippen molar-refractivity contribution in [1.82, 2.24) is 15.5 Å². The first-order valence-electron chi connectivity index (χ1n) is 12.9. The van der Waals surface area contributed by atoms with Gasteiger partial charge in [0, 0.05) is 25.9 Å². The van der Waals surface area contributed by atoms with Gasteiger partial charge in [0.2, 0.25) is 17.7 Å². The Bertz CT molecular complexity index is 1060. The van der Waals surface area contributed by atoms with Gasteiger partial charge in [-0.3, -0.25) is 14.4 Å². The lowest BCUT2D eigenvalue weighted by Crippen LogP contribution is -2.61. The second kappa shape index (κ2) is 14.6. The van der Waals surface area contributed by atoms with Crippen LogP contribution in [0, 0.1) is 0 Å². The van der Waals surface area contributed by atoms with E-state index < -0.39 is 11.6 Å². The van der Waals surface area contributed by atoms with E-state index in [1.165, 1.54) is 0 Å². The highest BCUT2D eigenvalue weighted by atomic mass is 35.5. The summed E-state index contributed by atoms with van der Waals surface area (Å²) in [5, 5.41) is 24.8. The summed E-state index contributed by atoms with van der Waals surface area (Å²) in [4.78, 5) is 41.2. The van der Waals surface area contributed by atoms with Gasteiger partial charge in [-0.1, -0.05) is 24.3 Å². The Balaban J connectivity index is 0.00000507. The molecule has 2 aromatic carbocycles. The highest BCUT2D eigenvalue weighted by Crippen LogP contribution is 2.23. The summed E-state index contributed by atoms with van der Waals surface area (Å²) in [5.74, 6) is -0.431. The third kappa shape index (κ3) is 8.63. The molecule has 0 radical (unpaired) electrons. The number of aromatic hydroxyl groups is 2. The Morgan fingerprint density at radius 2 is 1.61 bits per heavy atom. The fraction of sp³-hybridized carbons (Fsp3) is 0.464. The van der Waals surface area contributed by atoms with Crippen LogP contribution in [0.1, 0.15) is 50.2 Å². The molecule has 2 atom stereocenters. The van der Waals surface area contributed by atoms with Crippen molar-refractivity contribution in [2.24, 2.45) is 5.73 Å². The molecule has 2 aromatic rings. The summed E-state index contributed by atoms with van der Waals surface area (Å²) >= 11 is 0. The van der Waals surface area contributed by atoms with Crippen LogP contribution in [0.25, 0.3) is 0 Å². The summed E-state index contributed by atoms with van der Waals surface area (Å²) < 4.78 is 0. The van der Waals surface area contributed by atoms with E-state index in [1.807, 2.05) is 12.1 Å². The molecule has 38 heavy (non-hydrogen) atoms. The predicted octanol–water partition coefficient (Wildman–Crippen LogP) is 2.42. The summed E-state index contributed by atoms with van der Waals surface area (Å²) in [5.41, 5.74) is 6.11. The molecule has 0 aromatic heterocycles. The molecule has 1 aliphatic rings. The van der Waals surface area contributed by atoms with Gasteiger partial charge < -0.3 is 31.5 Å². The Hall–Kier alpha value is -3.30. The molecule has 0 aliphatic carbocycles. The third-order valence-corrected chi connectivity index (χ3v) is 6.73. The van der Waals surface area contributed by atoms with Gasteiger partial charge >= 0.3 is 0 Å². The molecule has 3 amide bonds. The molecule has 1 unspecified atom stereocenters. The van der Waals surface area contributed by atoms with Crippen molar-refractivity contribution in [2.75, 3.05) is 19.6 Å². The van der Waals surface area contributed by atoms with Gasteiger partial charge in [0.25, 0.3) is 0 Å². The molecule has 1 heterocycles. The molecule has 208 valence electrons. The predicted molar refractivity (Wildman–Crippen MR) is 148 cm³/mol. The molecule has 3 rings (SSSR count). The summed E-state index contributed by atoms with van der Waals surface area (Å²) in [7, 11) is 0. The quantitative estimate of drug-likeness (QED) is 0.258. The second-order valence-corrected chi connectivity index (χ2v) is 9.83. The number of carbonyl (C=O) groups is 3. The zero-order chi connectivity index (χ0) is 26.8. The minimum absolute atomic E-state index is 0. The van der Waals surface area contributed by atoms with Gasteiger partial charge in [0.1, 0.15) is 23.1 Å². The van der Waals surface area contributed by atoms with Gasteiger partial charge in [-0.15, -0.1) is 12.4 Å². The van der Waals surface area contributed by atoms with Gasteiger partial charge in [0.05, 0.1) is 0 Å². The number of halogens is 1. The molecule has 0 spiro atoms. The van der Waals surface area contributed by atoms with Crippen molar-refractivity contribution < 1.29 is 24.6 Å². The smallest absolute Gasteiger partial charge is 0.245 e. The molecule has 6 N–H and O–H groups in total. The van der Waals surface area contributed by atoms with E-state index in [1.54, 1.807) is 48.2 Å². The number of carbonyl (C=O) groups excluding carboxylic acids is 3. The van der Waals surface area contributed by atoms with Gasteiger partial charge in [-0.2, -0.15) is 0 Å². The number of nitrogens with zero attached hydrogens (tertiary/aromatic N) is 1. The van der Waals surface area contributed by atoms with E-state index >= 15 is 0 Å². The monoisotopic (exact) mass is 546 g/mol. The average Bonchev–Trinajstić information content (AvgIpc) is 3.37. The van der Waals surface area contributed by atoms with E-state index in [9.17, 15) is 24.6 Å². The Kier molecular flexibility index (Phi) is 11.9. The Morgan fingerprint density at radius 1 is 1.00 bits per heavy atom. The first-order valence-corrected chi connectivity index (χ1v) is 12.9. The van der Waals surface area contributed by atoms with Crippen LogP contribution in [0.4, 0.5) is 0 Å². The number of phenols is 2. The van der Waals surface area contributed by atoms with Crippen LogP contribution in [0.3, 0.4) is 0 Å². The molecular formula is C28H39ClN4O5. The number of likely N-dealkylation sites (tertiary alicyclic amines) is 1. The topological polar surface area (TPSA) is 145 Å². The van der Waals surface area contributed by atoms with Gasteiger partial charge in [-0.05, 0) is 81.0 Å². The number of amides is 3. The highest BCUT2D eigenvalue weighted by Gasteiger charge is 2.40. The molecule has 0 saturated carbocycles. The van der Waals surface area contributed by atoms with Crippen LogP contribution in [0.15, 0.2) is 48.5 Å². The number of nitrogens with one attached hydrogen (secondary N) is 2. The Labute approximate surface area is 230 Å². The van der Waals surface area contributed by atoms with Crippen LogP contribution < -0.4 is 16.4 Å².